The number of anilines is 2. The van der Waals surface area contributed by atoms with Crippen molar-refractivity contribution in [3.8, 4) is 6.07 Å². The van der Waals surface area contributed by atoms with Crippen molar-refractivity contribution in [2.24, 2.45) is 11.8 Å². The van der Waals surface area contributed by atoms with E-state index in [0.29, 0.717) is 56.9 Å². The van der Waals surface area contributed by atoms with E-state index in [4.69, 9.17) is 16.6 Å². The van der Waals surface area contributed by atoms with E-state index < -0.39 is 16.3 Å². The van der Waals surface area contributed by atoms with Crippen molar-refractivity contribution in [1.82, 2.24) is 15.0 Å². The van der Waals surface area contributed by atoms with Gasteiger partial charge in [0.15, 0.2) is 0 Å². The number of rotatable bonds is 5. The van der Waals surface area contributed by atoms with Crippen LogP contribution in [0, 0.1) is 23.2 Å². The quantitative estimate of drug-likeness (QED) is 0.665. The number of fused-ring (bicyclic) bond motifs is 3. The SMILES string of the molecule is N#Cc1c(N2CC3CC(C2)C3c2ncc(Cl)cn2)nc2c(c1NC1(CO)CCC1)[S@](=O)CC2. The fourth-order valence-corrected chi connectivity index (χ4v) is 7.40. The second-order valence-corrected chi connectivity index (χ2v) is 11.7. The van der Waals surface area contributed by atoms with E-state index in [1.165, 1.54) is 0 Å². The normalized spacial score (nSPS) is 28.9. The maximum Gasteiger partial charge on any atom is 0.149 e. The summed E-state index contributed by atoms with van der Waals surface area (Å²) in [4.78, 5) is 16.7. The van der Waals surface area contributed by atoms with Crippen LogP contribution in [0.3, 0.4) is 0 Å². The van der Waals surface area contributed by atoms with E-state index in [0.717, 1.165) is 50.3 Å². The number of nitrogens with zero attached hydrogens (tertiary/aromatic N) is 5. The molecule has 3 aliphatic heterocycles. The number of aliphatic hydroxyl groups excluding tert-OH is 1. The van der Waals surface area contributed by atoms with Gasteiger partial charge < -0.3 is 15.3 Å². The molecule has 172 valence electrons. The summed E-state index contributed by atoms with van der Waals surface area (Å²) >= 11 is 5.96. The zero-order chi connectivity index (χ0) is 22.7. The maximum atomic E-state index is 12.8. The number of aromatic nitrogens is 3. The van der Waals surface area contributed by atoms with Crippen LogP contribution in [-0.2, 0) is 17.2 Å². The van der Waals surface area contributed by atoms with E-state index in [1.807, 2.05) is 0 Å². The van der Waals surface area contributed by atoms with Crippen LogP contribution in [0.25, 0.3) is 0 Å². The highest BCUT2D eigenvalue weighted by atomic mass is 35.5. The molecule has 2 bridgehead atoms. The molecule has 3 atom stereocenters. The third kappa shape index (κ3) is 3.34. The summed E-state index contributed by atoms with van der Waals surface area (Å²) in [6.07, 6.45) is 7.77. The lowest BCUT2D eigenvalue weighted by molar-refractivity contribution is 0.104. The minimum atomic E-state index is -1.18. The molecule has 2 aliphatic carbocycles. The number of aryl methyl sites for hydroxylation is 1. The molecule has 5 heterocycles. The summed E-state index contributed by atoms with van der Waals surface area (Å²) in [5, 5.41) is 24.2. The summed E-state index contributed by atoms with van der Waals surface area (Å²) in [6.45, 7) is 1.55. The van der Waals surface area contributed by atoms with Gasteiger partial charge in [0.1, 0.15) is 23.3 Å². The van der Waals surface area contributed by atoms with E-state index in [1.54, 1.807) is 12.4 Å². The summed E-state index contributed by atoms with van der Waals surface area (Å²) < 4.78 is 12.8. The molecular weight excluding hydrogens is 460 g/mol. The average Bonchev–Trinajstić information content (AvgIpc) is 3.17. The summed E-state index contributed by atoms with van der Waals surface area (Å²) in [5.41, 5.74) is 1.45. The highest BCUT2D eigenvalue weighted by Crippen LogP contribution is 2.52. The molecule has 0 aromatic carbocycles. The lowest BCUT2D eigenvalue weighted by Crippen LogP contribution is -2.55. The second-order valence-electron chi connectivity index (χ2n) is 9.74. The molecule has 8 nitrogen and oxygen atoms in total. The van der Waals surface area contributed by atoms with Gasteiger partial charge in [-0.25, -0.2) is 15.0 Å². The molecule has 10 heteroatoms. The van der Waals surface area contributed by atoms with Gasteiger partial charge in [0, 0.05) is 43.6 Å². The van der Waals surface area contributed by atoms with Crippen LogP contribution >= 0.6 is 11.6 Å². The van der Waals surface area contributed by atoms with Gasteiger partial charge in [-0.3, -0.25) is 4.21 Å². The molecule has 0 amide bonds. The van der Waals surface area contributed by atoms with Gasteiger partial charge in [-0.15, -0.1) is 0 Å². The van der Waals surface area contributed by atoms with Gasteiger partial charge in [0.05, 0.1) is 44.2 Å². The lowest BCUT2D eigenvalue weighted by atomic mass is 9.61. The Labute approximate surface area is 199 Å². The topological polar surface area (TPSA) is 115 Å². The van der Waals surface area contributed by atoms with Crippen LogP contribution in [0.5, 0.6) is 0 Å². The molecule has 2 aromatic heterocycles. The summed E-state index contributed by atoms with van der Waals surface area (Å²) in [6, 6.07) is 2.36. The number of hydrogen-bond donors (Lipinski definition) is 2. The van der Waals surface area contributed by atoms with Crippen LogP contribution < -0.4 is 10.2 Å². The predicted octanol–water partition coefficient (Wildman–Crippen LogP) is 2.63. The molecule has 33 heavy (non-hydrogen) atoms. The first kappa shape index (κ1) is 21.3. The fourth-order valence-electron chi connectivity index (χ4n) is 5.93. The van der Waals surface area contributed by atoms with Crippen molar-refractivity contribution >= 4 is 33.9 Å². The number of hydrogen-bond acceptors (Lipinski definition) is 8. The van der Waals surface area contributed by atoms with Crippen molar-refractivity contribution in [1.29, 1.82) is 5.26 Å². The highest BCUT2D eigenvalue weighted by Gasteiger charge is 2.50. The fraction of sp³-hybridized carbons (Fsp3) is 0.565. The first-order chi connectivity index (χ1) is 16.0. The first-order valence-electron chi connectivity index (χ1n) is 11.5. The molecule has 0 radical (unpaired) electrons. The second kappa shape index (κ2) is 7.90. The number of aliphatic hydroxyl groups is 1. The van der Waals surface area contributed by atoms with Gasteiger partial charge in [0.25, 0.3) is 0 Å². The smallest absolute Gasteiger partial charge is 0.149 e. The third-order valence-electron chi connectivity index (χ3n) is 7.84. The molecule has 2 saturated heterocycles. The number of halogens is 1. The Kier molecular flexibility index (Phi) is 5.09. The van der Waals surface area contributed by atoms with Crippen LogP contribution in [0.4, 0.5) is 11.5 Å². The maximum absolute atomic E-state index is 12.8. The Balaban J connectivity index is 1.35. The average molecular weight is 485 g/mol. The van der Waals surface area contributed by atoms with Crippen LogP contribution in [0.2, 0.25) is 5.02 Å². The van der Waals surface area contributed by atoms with Crippen molar-refractivity contribution in [3.63, 3.8) is 0 Å². The molecule has 2 aromatic rings. The largest absolute Gasteiger partial charge is 0.394 e. The van der Waals surface area contributed by atoms with Gasteiger partial charge >= 0.3 is 0 Å². The van der Waals surface area contributed by atoms with E-state index in [2.05, 4.69) is 26.3 Å². The monoisotopic (exact) mass is 484 g/mol. The van der Waals surface area contributed by atoms with E-state index in [9.17, 15) is 14.6 Å². The number of nitriles is 1. The molecule has 5 aliphatic rings. The molecular formula is C23H25ClN6O2S. The molecule has 0 spiro atoms. The zero-order valence-electron chi connectivity index (χ0n) is 18.1. The third-order valence-corrected chi connectivity index (χ3v) is 9.51. The van der Waals surface area contributed by atoms with Gasteiger partial charge in [-0.2, -0.15) is 5.26 Å². The highest BCUT2D eigenvalue weighted by molar-refractivity contribution is 7.85. The van der Waals surface area contributed by atoms with Gasteiger partial charge in [-0.05, 0) is 37.5 Å². The predicted molar refractivity (Wildman–Crippen MR) is 125 cm³/mol. The first-order valence-corrected chi connectivity index (χ1v) is 13.2. The molecule has 2 unspecified atom stereocenters. The van der Waals surface area contributed by atoms with Crippen LogP contribution in [0.15, 0.2) is 17.3 Å². The van der Waals surface area contributed by atoms with Crippen molar-refractivity contribution in [2.75, 3.05) is 35.7 Å². The standard InChI is InChI=1S/C23H25ClN6O2S/c24-15-8-26-21(27-9-15)18-13-6-14(18)11-30(10-13)22-16(7-25)19(29-23(12-31)3-1-4-23)20-17(28-22)2-5-33(20)32/h8-9,13-14,18,31H,1-6,10-12H2,(H,28,29)/t13?,14?,18?,33-/m1/s1. The number of piperidine rings is 2. The summed E-state index contributed by atoms with van der Waals surface area (Å²) in [5.74, 6) is 3.14. The lowest BCUT2D eigenvalue weighted by Gasteiger charge is -2.53. The minimum absolute atomic E-state index is 0.00638. The van der Waals surface area contributed by atoms with Crippen LogP contribution in [0.1, 0.15) is 48.7 Å². The Morgan fingerprint density at radius 2 is 2.03 bits per heavy atom. The Hall–Kier alpha value is -2.28. The van der Waals surface area contributed by atoms with Crippen molar-refractivity contribution in [3.05, 3.63) is 34.5 Å². The van der Waals surface area contributed by atoms with Crippen LogP contribution in [-0.4, -0.2) is 55.3 Å². The molecule has 4 fully saturated rings. The number of nitrogens with one attached hydrogen (secondary N) is 1. The van der Waals surface area contributed by atoms with Crippen molar-refractivity contribution in [2.45, 2.75) is 48.5 Å². The number of pyridine rings is 1. The summed E-state index contributed by atoms with van der Waals surface area (Å²) in [7, 11) is -1.18. The Bertz CT molecular complexity index is 1160. The molecule has 7 rings (SSSR count). The Morgan fingerprint density at radius 1 is 1.30 bits per heavy atom. The molecule has 2 N–H and O–H groups in total. The zero-order valence-corrected chi connectivity index (χ0v) is 19.7. The molecule has 2 saturated carbocycles. The van der Waals surface area contributed by atoms with Gasteiger partial charge in [-0.1, -0.05) is 11.6 Å². The Morgan fingerprint density at radius 3 is 2.64 bits per heavy atom. The van der Waals surface area contributed by atoms with E-state index in [-0.39, 0.29) is 6.61 Å². The minimum Gasteiger partial charge on any atom is -0.394 e. The van der Waals surface area contributed by atoms with Gasteiger partial charge in [0.2, 0.25) is 0 Å². The van der Waals surface area contributed by atoms with Crippen molar-refractivity contribution < 1.29 is 9.32 Å². The van der Waals surface area contributed by atoms with E-state index >= 15 is 0 Å².